The van der Waals surface area contributed by atoms with Crippen molar-refractivity contribution in [3.05, 3.63) is 71.7 Å². The molecule has 8 nitrogen and oxygen atoms in total. The number of hydrogen-bond donors (Lipinski definition) is 1. The van der Waals surface area contributed by atoms with Crippen molar-refractivity contribution in [1.29, 1.82) is 0 Å². The molecule has 4 rings (SSSR count). The zero-order valence-electron chi connectivity index (χ0n) is 15.1. The summed E-state index contributed by atoms with van der Waals surface area (Å²) in [5, 5.41) is 7.20. The van der Waals surface area contributed by atoms with Crippen LogP contribution in [0.15, 0.2) is 49.1 Å². The highest BCUT2D eigenvalue weighted by atomic mass is 16.1. The Kier molecular flexibility index (Phi) is 4.37. The molecule has 0 aliphatic heterocycles. The Bertz CT molecular complexity index is 1080. The molecule has 4 aromatic rings. The number of nitrogens with zero attached hydrogens (tertiary/aromatic N) is 6. The molecule has 0 atom stereocenters. The maximum atomic E-state index is 12.4. The van der Waals surface area contributed by atoms with Crippen LogP contribution in [-0.4, -0.2) is 35.2 Å². The van der Waals surface area contributed by atoms with E-state index in [1.165, 1.54) is 0 Å². The van der Waals surface area contributed by atoms with E-state index in [9.17, 15) is 4.79 Å². The number of fused-ring (bicyclic) bond motifs is 1. The van der Waals surface area contributed by atoms with Crippen LogP contribution in [0.3, 0.4) is 0 Å². The lowest BCUT2D eigenvalue weighted by atomic mass is 10.2. The first kappa shape index (κ1) is 16.9. The molecule has 0 fully saturated rings. The van der Waals surface area contributed by atoms with Gasteiger partial charge in [-0.2, -0.15) is 5.10 Å². The van der Waals surface area contributed by atoms with Gasteiger partial charge in [0.15, 0.2) is 5.65 Å². The van der Waals surface area contributed by atoms with E-state index in [2.05, 4.69) is 25.4 Å². The smallest absolute Gasteiger partial charge is 0.253 e. The average molecular weight is 361 g/mol. The predicted molar refractivity (Wildman–Crippen MR) is 100.0 cm³/mol. The van der Waals surface area contributed by atoms with Gasteiger partial charge in [-0.3, -0.25) is 14.5 Å². The third-order valence-electron chi connectivity index (χ3n) is 4.37. The molecule has 8 heteroatoms. The monoisotopic (exact) mass is 361 g/mol. The van der Waals surface area contributed by atoms with Crippen molar-refractivity contribution in [2.24, 2.45) is 7.05 Å². The number of hydrogen-bond acceptors (Lipinski definition) is 5. The summed E-state index contributed by atoms with van der Waals surface area (Å²) in [5.74, 6) is -0.202. The molecule has 0 saturated heterocycles. The summed E-state index contributed by atoms with van der Waals surface area (Å²) in [6.45, 7) is 2.92. The Morgan fingerprint density at radius 3 is 2.78 bits per heavy atom. The Morgan fingerprint density at radius 2 is 2.04 bits per heavy atom. The number of aromatic nitrogens is 6. The van der Waals surface area contributed by atoms with Crippen molar-refractivity contribution < 1.29 is 4.79 Å². The SMILES string of the molecule is Cc1cc(CNC(=O)c2cnc3c(c2)ncn3Cc2ccccn2)nn1C. The van der Waals surface area contributed by atoms with Crippen LogP contribution in [0.2, 0.25) is 0 Å². The number of pyridine rings is 2. The molecule has 0 radical (unpaired) electrons. The van der Waals surface area contributed by atoms with E-state index in [1.54, 1.807) is 29.5 Å². The van der Waals surface area contributed by atoms with Crippen LogP contribution in [0.4, 0.5) is 0 Å². The predicted octanol–water partition coefficient (Wildman–Crippen LogP) is 1.85. The summed E-state index contributed by atoms with van der Waals surface area (Å²) in [6.07, 6.45) is 5.04. The van der Waals surface area contributed by atoms with Gasteiger partial charge in [0.2, 0.25) is 0 Å². The minimum atomic E-state index is -0.202. The van der Waals surface area contributed by atoms with Gasteiger partial charge < -0.3 is 9.88 Å². The molecular weight excluding hydrogens is 342 g/mol. The Hall–Kier alpha value is -3.55. The minimum absolute atomic E-state index is 0.202. The maximum absolute atomic E-state index is 12.4. The summed E-state index contributed by atoms with van der Waals surface area (Å²) in [6, 6.07) is 9.47. The largest absolute Gasteiger partial charge is 0.346 e. The standard InChI is InChI=1S/C19H19N7O/c1-13-7-16(24-25(13)2)10-22-19(27)14-8-17-18(21-9-14)26(12-23-17)11-15-5-3-4-6-20-15/h3-9,12H,10-11H2,1-2H3,(H,22,27). The molecular formula is C19H19N7O. The van der Waals surface area contributed by atoms with Crippen LogP contribution < -0.4 is 5.32 Å². The summed E-state index contributed by atoms with van der Waals surface area (Å²) in [7, 11) is 1.87. The fraction of sp³-hybridized carbons (Fsp3) is 0.211. The molecule has 0 spiro atoms. The van der Waals surface area contributed by atoms with E-state index in [0.717, 1.165) is 22.7 Å². The maximum Gasteiger partial charge on any atom is 0.253 e. The highest BCUT2D eigenvalue weighted by molar-refractivity contribution is 5.96. The molecule has 1 N–H and O–H groups in total. The zero-order valence-corrected chi connectivity index (χ0v) is 15.1. The van der Waals surface area contributed by atoms with Crippen molar-refractivity contribution >= 4 is 17.1 Å². The summed E-state index contributed by atoms with van der Waals surface area (Å²) in [4.78, 5) is 25.5. The van der Waals surface area contributed by atoms with Crippen molar-refractivity contribution in [2.75, 3.05) is 0 Å². The molecule has 136 valence electrons. The van der Waals surface area contributed by atoms with Crippen LogP contribution >= 0.6 is 0 Å². The van der Waals surface area contributed by atoms with Gasteiger partial charge in [-0.1, -0.05) is 6.07 Å². The number of nitrogens with one attached hydrogen (secondary N) is 1. The molecule has 0 saturated carbocycles. The van der Waals surface area contributed by atoms with E-state index in [4.69, 9.17) is 0 Å². The second-order valence-corrected chi connectivity index (χ2v) is 6.34. The van der Waals surface area contributed by atoms with Gasteiger partial charge in [0.1, 0.15) is 5.52 Å². The molecule has 4 heterocycles. The van der Waals surface area contributed by atoms with E-state index >= 15 is 0 Å². The van der Waals surface area contributed by atoms with E-state index < -0.39 is 0 Å². The van der Waals surface area contributed by atoms with Gasteiger partial charge in [-0.25, -0.2) is 9.97 Å². The van der Waals surface area contributed by atoms with E-state index in [1.807, 2.05) is 42.8 Å². The lowest BCUT2D eigenvalue weighted by Gasteiger charge is -2.05. The van der Waals surface area contributed by atoms with Gasteiger partial charge in [0, 0.05) is 25.1 Å². The summed E-state index contributed by atoms with van der Waals surface area (Å²) >= 11 is 0. The first-order chi connectivity index (χ1) is 13.1. The first-order valence-corrected chi connectivity index (χ1v) is 8.58. The van der Waals surface area contributed by atoms with Gasteiger partial charge in [-0.05, 0) is 31.2 Å². The minimum Gasteiger partial charge on any atom is -0.346 e. The Morgan fingerprint density at radius 1 is 1.15 bits per heavy atom. The molecule has 1 amide bonds. The Balaban J connectivity index is 1.49. The number of carbonyl (C=O) groups excluding carboxylic acids is 1. The lowest BCUT2D eigenvalue weighted by molar-refractivity contribution is 0.0950. The third kappa shape index (κ3) is 3.55. The van der Waals surface area contributed by atoms with Crippen molar-refractivity contribution in [2.45, 2.75) is 20.0 Å². The average Bonchev–Trinajstić information content (AvgIpc) is 3.23. The fourth-order valence-corrected chi connectivity index (χ4v) is 2.85. The summed E-state index contributed by atoms with van der Waals surface area (Å²) < 4.78 is 3.69. The van der Waals surface area contributed by atoms with E-state index in [-0.39, 0.29) is 5.91 Å². The normalized spacial score (nSPS) is 11.0. The number of imidazole rings is 1. The molecule has 27 heavy (non-hydrogen) atoms. The summed E-state index contributed by atoms with van der Waals surface area (Å²) in [5.41, 5.74) is 4.65. The van der Waals surface area contributed by atoms with Crippen LogP contribution in [0.1, 0.15) is 27.4 Å². The zero-order chi connectivity index (χ0) is 18.8. The van der Waals surface area contributed by atoms with Crippen molar-refractivity contribution in [3.8, 4) is 0 Å². The number of aryl methyl sites for hydroxylation is 2. The highest BCUT2D eigenvalue weighted by Gasteiger charge is 2.12. The van der Waals surface area contributed by atoms with Gasteiger partial charge in [0.05, 0.1) is 36.4 Å². The van der Waals surface area contributed by atoms with Gasteiger partial charge >= 0.3 is 0 Å². The first-order valence-electron chi connectivity index (χ1n) is 8.58. The highest BCUT2D eigenvalue weighted by Crippen LogP contribution is 2.13. The number of rotatable bonds is 5. The third-order valence-corrected chi connectivity index (χ3v) is 4.37. The van der Waals surface area contributed by atoms with Crippen LogP contribution in [0.5, 0.6) is 0 Å². The number of carbonyl (C=O) groups is 1. The van der Waals surface area contributed by atoms with Crippen LogP contribution in [0, 0.1) is 6.92 Å². The van der Waals surface area contributed by atoms with Crippen LogP contribution in [-0.2, 0) is 20.1 Å². The van der Waals surface area contributed by atoms with Gasteiger partial charge in [-0.15, -0.1) is 0 Å². The fourth-order valence-electron chi connectivity index (χ4n) is 2.85. The number of amides is 1. The molecule has 0 aliphatic rings. The van der Waals surface area contributed by atoms with Crippen molar-refractivity contribution in [1.82, 2.24) is 34.6 Å². The molecule has 0 unspecified atom stereocenters. The lowest BCUT2D eigenvalue weighted by Crippen LogP contribution is -2.23. The molecule has 0 aliphatic carbocycles. The molecule has 4 aromatic heterocycles. The van der Waals surface area contributed by atoms with Gasteiger partial charge in [0.25, 0.3) is 5.91 Å². The second kappa shape index (κ2) is 6.99. The van der Waals surface area contributed by atoms with E-state index in [0.29, 0.717) is 24.2 Å². The topological polar surface area (TPSA) is 90.5 Å². The Labute approximate surface area is 155 Å². The van der Waals surface area contributed by atoms with Crippen LogP contribution in [0.25, 0.3) is 11.2 Å². The van der Waals surface area contributed by atoms with Crippen molar-refractivity contribution in [3.63, 3.8) is 0 Å². The molecule has 0 bridgehead atoms. The quantitative estimate of drug-likeness (QED) is 0.586. The second-order valence-electron chi connectivity index (χ2n) is 6.34. The molecule has 0 aromatic carbocycles.